The van der Waals surface area contributed by atoms with E-state index in [1.807, 2.05) is 0 Å². The number of methoxy groups -OCH3 is 1. The fourth-order valence-corrected chi connectivity index (χ4v) is 1.87. The van der Waals surface area contributed by atoms with Gasteiger partial charge < -0.3 is 10.5 Å². The molecule has 1 amide bonds. The lowest BCUT2D eigenvalue weighted by atomic mass is 10.1. The maximum Gasteiger partial charge on any atom is 0.272 e. The number of benzene rings is 2. The summed E-state index contributed by atoms with van der Waals surface area (Å²) in [5.41, 5.74) is 8.43. The third-order valence-corrected chi connectivity index (χ3v) is 2.92. The van der Waals surface area contributed by atoms with Crippen molar-refractivity contribution in [1.82, 2.24) is 5.43 Å². The molecule has 0 fully saturated rings. The Morgan fingerprint density at radius 3 is 2.78 bits per heavy atom. The molecule has 0 bridgehead atoms. The van der Waals surface area contributed by atoms with E-state index in [-0.39, 0.29) is 16.9 Å². The Kier molecular flexibility index (Phi) is 4.88. The average molecular weight is 314 g/mol. The van der Waals surface area contributed by atoms with Gasteiger partial charge in [0.1, 0.15) is 5.75 Å². The molecule has 0 radical (unpaired) electrons. The topological polar surface area (TPSA) is 120 Å². The Morgan fingerprint density at radius 2 is 2.09 bits per heavy atom. The molecule has 0 spiro atoms. The summed E-state index contributed by atoms with van der Waals surface area (Å²) in [6, 6.07) is 10.8. The molecular weight excluding hydrogens is 300 g/mol. The second-order valence-electron chi connectivity index (χ2n) is 4.51. The van der Waals surface area contributed by atoms with Crippen LogP contribution in [0.2, 0.25) is 0 Å². The van der Waals surface area contributed by atoms with E-state index in [1.54, 1.807) is 24.3 Å². The summed E-state index contributed by atoms with van der Waals surface area (Å²) < 4.78 is 5.15. The van der Waals surface area contributed by atoms with E-state index < -0.39 is 10.8 Å². The van der Waals surface area contributed by atoms with Crippen LogP contribution < -0.4 is 15.9 Å². The number of carbonyl (C=O) groups is 1. The van der Waals surface area contributed by atoms with Gasteiger partial charge in [0.15, 0.2) is 0 Å². The summed E-state index contributed by atoms with van der Waals surface area (Å²) in [5.74, 6) is -0.00311. The van der Waals surface area contributed by atoms with E-state index in [0.717, 1.165) is 6.07 Å². The van der Waals surface area contributed by atoms with Gasteiger partial charge in [0, 0.05) is 23.4 Å². The third kappa shape index (κ3) is 4.03. The molecule has 118 valence electrons. The smallest absolute Gasteiger partial charge is 0.272 e. The van der Waals surface area contributed by atoms with Crippen LogP contribution in [0.3, 0.4) is 0 Å². The first-order valence-electron chi connectivity index (χ1n) is 6.52. The molecule has 3 N–H and O–H groups in total. The van der Waals surface area contributed by atoms with Gasteiger partial charge in [0.05, 0.1) is 23.8 Å². The quantitative estimate of drug-likeness (QED) is 0.378. The fraction of sp³-hybridized carbons (Fsp3) is 0.0667. The number of amides is 1. The van der Waals surface area contributed by atoms with Gasteiger partial charge in [-0.1, -0.05) is 12.1 Å². The monoisotopic (exact) mass is 314 g/mol. The molecule has 0 aliphatic carbocycles. The Morgan fingerprint density at radius 1 is 1.35 bits per heavy atom. The second kappa shape index (κ2) is 7.03. The number of para-hydroxylation sites is 1. The molecule has 8 nitrogen and oxygen atoms in total. The number of hydrogen-bond donors (Lipinski definition) is 2. The van der Waals surface area contributed by atoms with Crippen LogP contribution in [-0.4, -0.2) is 24.2 Å². The van der Waals surface area contributed by atoms with Gasteiger partial charge in [-0.2, -0.15) is 5.10 Å². The number of nitro benzene ring substituents is 1. The minimum absolute atomic E-state index is 0.0499. The number of hydrazone groups is 1. The first-order chi connectivity index (χ1) is 11.0. The summed E-state index contributed by atoms with van der Waals surface area (Å²) >= 11 is 0. The number of nitrogen functional groups attached to an aromatic ring is 1. The molecule has 2 aromatic rings. The molecule has 0 aliphatic heterocycles. The van der Waals surface area contributed by atoms with Crippen molar-refractivity contribution >= 4 is 23.5 Å². The van der Waals surface area contributed by atoms with Crippen LogP contribution in [0.1, 0.15) is 15.9 Å². The maximum atomic E-state index is 12.0. The third-order valence-electron chi connectivity index (χ3n) is 2.92. The lowest BCUT2D eigenvalue weighted by molar-refractivity contribution is -0.384. The van der Waals surface area contributed by atoms with Gasteiger partial charge in [0.2, 0.25) is 0 Å². The standard InChI is InChI=1S/C15H14N4O4/c1-23-14-5-3-2-4-10(14)9-17-18-15(20)11-6-12(16)8-13(7-11)19(21)22/h2-9H,16H2,1H3,(H,18,20). The summed E-state index contributed by atoms with van der Waals surface area (Å²) in [7, 11) is 1.52. The van der Waals surface area contributed by atoms with Crippen LogP contribution in [0, 0.1) is 10.1 Å². The number of non-ortho nitro benzene ring substituents is 1. The highest BCUT2D eigenvalue weighted by molar-refractivity contribution is 5.96. The molecular formula is C15H14N4O4. The SMILES string of the molecule is COc1ccccc1C=NNC(=O)c1cc(N)cc([N+](=O)[O-])c1. The molecule has 23 heavy (non-hydrogen) atoms. The summed E-state index contributed by atoms with van der Waals surface area (Å²) in [6.45, 7) is 0. The number of carbonyl (C=O) groups excluding carboxylic acids is 1. The highest BCUT2D eigenvalue weighted by atomic mass is 16.6. The highest BCUT2D eigenvalue weighted by Gasteiger charge is 2.13. The van der Waals surface area contributed by atoms with Gasteiger partial charge in [-0.3, -0.25) is 14.9 Å². The van der Waals surface area contributed by atoms with E-state index in [0.29, 0.717) is 11.3 Å². The fourth-order valence-electron chi connectivity index (χ4n) is 1.87. The van der Waals surface area contributed by atoms with Crippen LogP contribution >= 0.6 is 0 Å². The number of nitrogens with zero attached hydrogens (tertiary/aromatic N) is 2. The van der Waals surface area contributed by atoms with Crippen molar-refractivity contribution in [2.24, 2.45) is 5.10 Å². The predicted octanol–water partition coefficient (Wildman–Crippen LogP) is 1.95. The van der Waals surface area contributed by atoms with Crippen LogP contribution in [-0.2, 0) is 0 Å². The zero-order chi connectivity index (χ0) is 16.8. The van der Waals surface area contributed by atoms with Crippen molar-refractivity contribution < 1.29 is 14.5 Å². The molecule has 2 aromatic carbocycles. The first kappa shape index (κ1) is 16.0. The van der Waals surface area contributed by atoms with Crippen molar-refractivity contribution in [3.05, 3.63) is 63.7 Å². The number of nitro groups is 1. The van der Waals surface area contributed by atoms with E-state index in [1.165, 1.54) is 25.5 Å². The van der Waals surface area contributed by atoms with E-state index in [9.17, 15) is 14.9 Å². The largest absolute Gasteiger partial charge is 0.496 e. The van der Waals surface area contributed by atoms with E-state index in [2.05, 4.69) is 10.5 Å². The van der Waals surface area contributed by atoms with Crippen molar-refractivity contribution in [2.45, 2.75) is 0 Å². The minimum atomic E-state index is -0.620. The van der Waals surface area contributed by atoms with Gasteiger partial charge >= 0.3 is 0 Å². The zero-order valence-corrected chi connectivity index (χ0v) is 12.2. The Balaban J connectivity index is 2.13. The lowest BCUT2D eigenvalue weighted by Crippen LogP contribution is -2.18. The normalized spacial score (nSPS) is 10.5. The number of nitrogens with two attached hydrogens (primary N) is 1. The van der Waals surface area contributed by atoms with Crippen molar-refractivity contribution in [1.29, 1.82) is 0 Å². The van der Waals surface area contributed by atoms with Crippen LogP contribution in [0.15, 0.2) is 47.6 Å². The molecule has 0 heterocycles. The highest BCUT2D eigenvalue weighted by Crippen LogP contribution is 2.18. The molecule has 0 atom stereocenters. The summed E-state index contributed by atoms with van der Waals surface area (Å²) in [6.07, 6.45) is 1.41. The Hall–Kier alpha value is -3.42. The molecule has 0 saturated heterocycles. The first-order valence-corrected chi connectivity index (χ1v) is 6.52. The summed E-state index contributed by atoms with van der Waals surface area (Å²) in [4.78, 5) is 22.1. The van der Waals surface area contributed by atoms with Gasteiger partial charge in [-0.25, -0.2) is 5.43 Å². The number of ether oxygens (including phenoxy) is 1. The number of nitrogens with one attached hydrogen (secondary N) is 1. The Labute approximate surface area is 131 Å². The van der Waals surface area contributed by atoms with Gasteiger partial charge in [-0.05, 0) is 18.2 Å². The van der Waals surface area contributed by atoms with E-state index >= 15 is 0 Å². The predicted molar refractivity (Wildman–Crippen MR) is 85.6 cm³/mol. The molecule has 0 unspecified atom stereocenters. The van der Waals surface area contributed by atoms with Crippen molar-refractivity contribution in [2.75, 3.05) is 12.8 Å². The summed E-state index contributed by atoms with van der Waals surface area (Å²) in [5, 5.41) is 14.6. The minimum Gasteiger partial charge on any atom is -0.496 e. The number of anilines is 1. The maximum absolute atomic E-state index is 12.0. The van der Waals surface area contributed by atoms with Gasteiger partial charge in [0.25, 0.3) is 11.6 Å². The lowest BCUT2D eigenvalue weighted by Gasteiger charge is -2.04. The Bertz CT molecular complexity index is 774. The van der Waals surface area contributed by atoms with Crippen molar-refractivity contribution in [3.63, 3.8) is 0 Å². The van der Waals surface area contributed by atoms with Crippen LogP contribution in [0.25, 0.3) is 0 Å². The van der Waals surface area contributed by atoms with Crippen molar-refractivity contribution in [3.8, 4) is 5.75 Å². The number of rotatable bonds is 5. The van der Waals surface area contributed by atoms with Crippen LogP contribution in [0.4, 0.5) is 11.4 Å². The molecule has 2 rings (SSSR count). The zero-order valence-electron chi connectivity index (χ0n) is 12.2. The molecule has 0 saturated carbocycles. The second-order valence-corrected chi connectivity index (χ2v) is 4.51. The number of hydrogen-bond acceptors (Lipinski definition) is 6. The van der Waals surface area contributed by atoms with E-state index in [4.69, 9.17) is 10.5 Å². The van der Waals surface area contributed by atoms with Crippen LogP contribution in [0.5, 0.6) is 5.75 Å². The van der Waals surface area contributed by atoms with Gasteiger partial charge in [-0.15, -0.1) is 0 Å². The molecule has 0 aliphatic rings. The average Bonchev–Trinajstić information content (AvgIpc) is 2.54. The molecule has 8 heteroatoms. The molecule has 0 aromatic heterocycles.